The Balaban J connectivity index is 1.88. The smallest absolute Gasteiger partial charge is 0.312 e. The second kappa shape index (κ2) is 1.95. The second-order valence-electron chi connectivity index (χ2n) is 4.36. The summed E-state index contributed by atoms with van der Waals surface area (Å²) in [6.45, 7) is 0. The average molecular weight is 196 g/mol. The molecule has 1 saturated carbocycles. The van der Waals surface area contributed by atoms with Gasteiger partial charge in [-0.25, -0.2) is 0 Å². The van der Waals surface area contributed by atoms with Crippen molar-refractivity contribution in [2.24, 2.45) is 23.7 Å². The summed E-state index contributed by atoms with van der Waals surface area (Å²) in [5.74, 6) is -1.01. The van der Waals surface area contributed by atoms with Crippen molar-refractivity contribution < 1.29 is 23.8 Å². The third kappa shape index (κ3) is 0.580. The van der Waals surface area contributed by atoms with Gasteiger partial charge in [-0.2, -0.15) is 0 Å². The highest BCUT2D eigenvalue weighted by Crippen LogP contribution is 2.57. The van der Waals surface area contributed by atoms with Gasteiger partial charge in [0, 0.05) is 11.8 Å². The highest BCUT2D eigenvalue weighted by atomic mass is 16.8. The molecule has 0 unspecified atom stereocenters. The Morgan fingerprint density at radius 3 is 1.93 bits per heavy atom. The van der Waals surface area contributed by atoms with E-state index in [1.54, 1.807) is 0 Å². The number of hydrogen-bond acceptors (Lipinski definition) is 5. The number of esters is 2. The van der Waals surface area contributed by atoms with E-state index in [1.165, 1.54) is 0 Å². The van der Waals surface area contributed by atoms with Crippen molar-refractivity contribution in [2.45, 2.75) is 19.0 Å². The summed E-state index contributed by atoms with van der Waals surface area (Å²) in [5, 5.41) is 0. The van der Waals surface area contributed by atoms with Crippen LogP contribution in [0.25, 0.3) is 0 Å². The molecule has 0 aromatic carbocycles. The Morgan fingerprint density at radius 1 is 0.929 bits per heavy atom. The zero-order valence-corrected chi connectivity index (χ0v) is 7.21. The van der Waals surface area contributed by atoms with Crippen LogP contribution in [0.5, 0.6) is 0 Å². The van der Waals surface area contributed by atoms with Crippen molar-refractivity contribution in [1.29, 1.82) is 0 Å². The molecule has 4 rings (SSSR count). The quantitative estimate of drug-likeness (QED) is 0.495. The second-order valence-corrected chi connectivity index (χ2v) is 4.36. The van der Waals surface area contributed by atoms with Crippen LogP contribution in [0.2, 0.25) is 0 Å². The van der Waals surface area contributed by atoms with E-state index in [-0.39, 0.29) is 35.6 Å². The third-order valence-electron chi connectivity index (χ3n) is 3.83. The molecule has 0 aromatic heterocycles. The van der Waals surface area contributed by atoms with Crippen molar-refractivity contribution >= 4 is 11.9 Å². The minimum atomic E-state index is -0.466. The van der Waals surface area contributed by atoms with Crippen molar-refractivity contribution in [3.05, 3.63) is 0 Å². The largest absolute Gasteiger partial charge is 0.435 e. The summed E-state index contributed by atoms with van der Waals surface area (Å²) in [6, 6.07) is 0. The SMILES string of the molecule is O=C1O[C@H]2O[C@H]3OC(=O)[C@H]4[C@H]3C[C@H]2[C@@H]14. The number of fused-ring (bicyclic) bond motifs is 1. The fourth-order valence-corrected chi connectivity index (χ4v) is 3.29. The van der Waals surface area contributed by atoms with Crippen LogP contribution in [0.4, 0.5) is 0 Å². The Hall–Kier alpha value is -1.10. The normalized spacial score (nSPS) is 57.4. The van der Waals surface area contributed by atoms with Crippen LogP contribution in [0, 0.1) is 23.7 Å². The van der Waals surface area contributed by atoms with Crippen LogP contribution in [0.15, 0.2) is 0 Å². The van der Waals surface area contributed by atoms with Crippen LogP contribution in [-0.4, -0.2) is 24.5 Å². The van der Waals surface area contributed by atoms with Gasteiger partial charge < -0.3 is 14.2 Å². The van der Waals surface area contributed by atoms with E-state index >= 15 is 0 Å². The predicted octanol–water partition coefficient (Wildman–Crippen LogP) is -0.349. The molecule has 1 aliphatic carbocycles. The molecule has 0 radical (unpaired) electrons. The molecule has 14 heavy (non-hydrogen) atoms. The first-order valence-corrected chi connectivity index (χ1v) is 4.82. The molecule has 0 amide bonds. The fourth-order valence-electron chi connectivity index (χ4n) is 3.29. The van der Waals surface area contributed by atoms with Crippen LogP contribution < -0.4 is 0 Å². The van der Waals surface area contributed by atoms with Gasteiger partial charge in [0.15, 0.2) is 0 Å². The summed E-state index contributed by atoms with van der Waals surface area (Å²) >= 11 is 0. The lowest BCUT2D eigenvalue weighted by atomic mass is 9.90. The molecule has 74 valence electrons. The molecule has 3 heterocycles. The summed E-state index contributed by atoms with van der Waals surface area (Å²) in [6.07, 6.45) is -0.110. The van der Waals surface area contributed by atoms with Crippen molar-refractivity contribution in [3.8, 4) is 0 Å². The lowest BCUT2D eigenvalue weighted by molar-refractivity contribution is -0.252. The third-order valence-corrected chi connectivity index (χ3v) is 3.83. The van der Waals surface area contributed by atoms with E-state index in [0.29, 0.717) is 0 Å². The number of carbonyl (C=O) groups excluding carboxylic acids is 2. The maximum atomic E-state index is 11.5. The van der Waals surface area contributed by atoms with Gasteiger partial charge in [-0.05, 0) is 6.42 Å². The number of ether oxygens (including phenoxy) is 3. The topological polar surface area (TPSA) is 61.8 Å². The first-order chi connectivity index (χ1) is 6.75. The Bertz CT molecular complexity index is 319. The zero-order valence-electron chi connectivity index (χ0n) is 7.21. The molecular weight excluding hydrogens is 188 g/mol. The molecule has 4 fully saturated rings. The van der Waals surface area contributed by atoms with Gasteiger partial charge in [0.1, 0.15) is 0 Å². The van der Waals surface area contributed by atoms with Crippen LogP contribution in [0.1, 0.15) is 6.42 Å². The van der Waals surface area contributed by atoms with Crippen molar-refractivity contribution in [3.63, 3.8) is 0 Å². The molecule has 0 aromatic rings. The minimum absolute atomic E-state index is 0.0848. The predicted molar refractivity (Wildman–Crippen MR) is 39.4 cm³/mol. The molecule has 5 nitrogen and oxygen atoms in total. The van der Waals surface area contributed by atoms with Gasteiger partial charge in [-0.1, -0.05) is 0 Å². The highest BCUT2D eigenvalue weighted by Gasteiger charge is 2.69. The molecule has 6 atom stereocenters. The van der Waals surface area contributed by atoms with Gasteiger partial charge in [-0.3, -0.25) is 9.59 Å². The first-order valence-electron chi connectivity index (χ1n) is 4.82. The summed E-state index contributed by atoms with van der Waals surface area (Å²) in [7, 11) is 0. The number of hydrogen-bond donors (Lipinski definition) is 0. The Labute approximate surface area is 79.3 Å². The van der Waals surface area contributed by atoms with Gasteiger partial charge in [0.25, 0.3) is 0 Å². The summed E-state index contributed by atoms with van der Waals surface area (Å²) in [5.41, 5.74) is 0. The average Bonchev–Trinajstić information content (AvgIpc) is 2.69. The molecule has 4 aliphatic rings. The van der Waals surface area contributed by atoms with E-state index in [9.17, 15) is 9.59 Å². The minimum Gasteiger partial charge on any atom is -0.435 e. The maximum Gasteiger partial charge on any atom is 0.312 e. The van der Waals surface area contributed by atoms with Crippen molar-refractivity contribution in [1.82, 2.24) is 0 Å². The maximum absolute atomic E-state index is 11.5. The molecule has 3 aliphatic heterocycles. The van der Waals surface area contributed by atoms with Gasteiger partial charge in [-0.15, -0.1) is 0 Å². The van der Waals surface area contributed by atoms with Gasteiger partial charge in [0.05, 0.1) is 11.8 Å². The number of carbonyl (C=O) groups is 2. The summed E-state index contributed by atoms with van der Waals surface area (Å²) in [4.78, 5) is 22.9. The molecule has 0 spiro atoms. The Kier molecular flexibility index (Phi) is 1.01. The van der Waals surface area contributed by atoms with E-state index in [2.05, 4.69) is 0 Å². The monoisotopic (exact) mass is 196 g/mol. The fraction of sp³-hybridized carbons (Fsp3) is 0.778. The molecule has 0 N–H and O–H groups in total. The van der Waals surface area contributed by atoms with Crippen LogP contribution in [0.3, 0.4) is 0 Å². The van der Waals surface area contributed by atoms with Gasteiger partial charge in [0.2, 0.25) is 12.6 Å². The zero-order chi connectivity index (χ0) is 9.45. The van der Waals surface area contributed by atoms with Gasteiger partial charge >= 0.3 is 11.9 Å². The van der Waals surface area contributed by atoms with E-state index in [0.717, 1.165) is 6.42 Å². The van der Waals surface area contributed by atoms with Crippen LogP contribution >= 0.6 is 0 Å². The lowest BCUT2D eigenvalue weighted by Crippen LogP contribution is -2.35. The van der Waals surface area contributed by atoms with E-state index in [1.807, 2.05) is 0 Å². The number of rotatable bonds is 0. The molecule has 5 heteroatoms. The summed E-state index contributed by atoms with van der Waals surface area (Å²) < 4.78 is 15.5. The van der Waals surface area contributed by atoms with E-state index in [4.69, 9.17) is 14.2 Å². The van der Waals surface area contributed by atoms with Crippen molar-refractivity contribution in [2.75, 3.05) is 0 Å². The van der Waals surface area contributed by atoms with E-state index < -0.39 is 12.6 Å². The highest BCUT2D eigenvalue weighted by molar-refractivity contribution is 5.86. The first kappa shape index (κ1) is 7.23. The lowest BCUT2D eigenvalue weighted by Gasteiger charge is -2.28. The Morgan fingerprint density at radius 2 is 1.43 bits per heavy atom. The standard InChI is InChI=1S/C9H8O5/c10-6-4-2-1-3-5(4)7(11)13-9(3)14-8(2)12-6/h2-5,8-9H,1H2/t2-,3+,4+,5-,8-,9+. The molecule has 3 saturated heterocycles. The molecular formula is C9H8O5. The van der Waals surface area contributed by atoms with Crippen LogP contribution in [-0.2, 0) is 23.8 Å². The molecule has 2 bridgehead atoms.